The summed E-state index contributed by atoms with van der Waals surface area (Å²) in [6.45, 7) is 7.60. The van der Waals surface area contributed by atoms with Crippen LogP contribution in [0.4, 0.5) is 4.79 Å². The smallest absolute Gasteiger partial charge is 0.317 e. The maximum absolute atomic E-state index is 12.3. The highest BCUT2D eigenvalue weighted by molar-refractivity contribution is 5.74. The Morgan fingerprint density at radius 1 is 1.16 bits per heavy atom. The quantitative estimate of drug-likeness (QED) is 0.885. The van der Waals surface area contributed by atoms with Gasteiger partial charge in [0.2, 0.25) is 0 Å². The molecule has 2 fully saturated rings. The molecular weight excluding hydrogens is 316 g/mol. The minimum atomic E-state index is 0.0576. The summed E-state index contributed by atoms with van der Waals surface area (Å²) in [5.74, 6) is 2.36. The fraction of sp³-hybridized carbons (Fsp3) is 0.833. The largest absolute Gasteiger partial charge is 0.338 e. The summed E-state index contributed by atoms with van der Waals surface area (Å²) in [7, 11) is 2.07. The molecule has 1 aromatic heterocycles. The molecule has 0 spiro atoms. The van der Waals surface area contributed by atoms with E-state index in [9.17, 15) is 4.79 Å². The SMILES string of the molecule is CCCNC(=O)N1CCCC(c2nnc(CN3CCCCC3)n2C)C1. The van der Waals surface area contributed by atoms with Crippen LogP contribution in [0.15, 0.2) is 0 Å². The molecule has 3 rings (SSSR count). The van der Waals surface area contributed by atoms with Crippen LogP contribution in [0.2, 0.25) is 0 Å². The molecule has 1 unspecified atom stereocenters. The first-order valence-corrected chi connectivity index (χ1v) is 9.82. The van der Waals surface area contributed by atoms with Gasteiger partial charge in [-0.05, 0) is 45.2 Å². The first-order valence-electron chi connectivity index (χ1n) is 9.82. The fourth-order valence-electron chi connectivity index (χ4n) is 3.90. The van der Waals surface area contributed by atoms with Crippen molar-refractivity contribution in [3.8, 4) is 0 Å². The van der Waals surface area contributed by atoms with Crippen LogP contribution in [0, 0.1) is 0 Å². The van der Waals surface area contributed by atoms with Gasteiger partial charge in [0.15, 0.2) is 0 Å². The Morgan fingerprint density at radius 3 is 2.72 bits per heavy atom. The molecule has 0 aromatic carbocycles. The van der Waals surface area contributed by atoms with Crippen molar-refractivity contribution in [2.24, 2.45) is 7.05 Å². The molecule has 7 heteroatoms. The van der Waals surface area contributed by atoms with Gasteiger partial charge < -0.3 is 14.8 Å². The second kappa shape index (κ2) is 8.65. The zero-order valence-corrected chi connectivity index (χ0v) is 15.7. The lowest BCUT2D eigenvalue weighted by Crippen LogP contribution is -2.45. The fourth-order valence-corrected chi connectivity index (χ4v) is 3.90. The molecule has 2 amide bonds. The minimum Gasteiger partial charge on any atom is -0.338 e. The van der Waals surface area contributed by atoms with Gasteiger partial charge in [-0.3, -0.25) is 4.90 Å². The van der Waals surface area contributed by atoms with E-state index in [0.717, 1.165) is 70.2 Å². The number of hydrogen-bond donors (Lipinski definition) is 1. The molecule has 0 bridgehead atoms. The van der Waals surface area contributed by atoms with E-state index in [4.69, 9.17) is 0 Å². The van der Waals surface area contributed by atoms with Gasteiger partial charge in [0, 0.05) is 32.6 Å². The van der Waals surface area contributed by atoms with Crippen LogP contribution in [0.25, 0.3) is 0 Å². The Balaban J connectivity index is 1.62. The number of amides is 2. The highest BCUT2D eigenvalue weighted by Crippen LogP contribution is 2.26. The maximum atomic E-state index is 12.3. The van der Waals surface area contributed by atoms with E-state index in [1.54, 1.807) is 0 Å². The highest BCUT2D eigenvalue weighted by Gasteiger charge is 2.28. The number of piperidine rings is 2. The number of nitrogens with zero attached hydrogens (tertiary/aromatic N) is 5. The van der Waals surface area contributed by atoms with Gasteiger partial charge in [-0.15, -0.1) is 10.2 Å². The van der Waals surface area contributed by atoms with Crippen LogP contribution < -0.4 is 5.32 Å². The number of carbonyl (C=O) groups excluding carboxylic acids is 1. The van der Waals surface area contributed by atoms with Gasteiger partial charge in [-0.1, -0.05) is 13.3 Å². The lowest BCUT2D eigenvalue weighted by molar-refractivity contribution is 0.177. The second-order valence-corrected chi connectivity index (χ2v) is 7.39. The van der Waals surface area contributed by atoms with Crippen LogP contribution in [-0.4, -0.2) is 63.3 Å². The van der Waals surface area contributed by atoms with E-state index in [1.807, 2.05) is 4.90 Å². The lowest BCUT2D eigenvalue weighted by Gasteiger charge is -2.32. The van der Waals surface area contributed by atoms with Crippen molar-refractivity contribution in [3.05, 3.63) is 11.6 Å². The van der Waals surface area contributed by atoms with Gasteiger partial charge in [-0.25, -0.2) is 4.79 Å². The van der Waals surface area contributed by atoms with E-state index in [0.29, 0.717) is 0 Å². The molecule has 0 saturated carbocycles. The zero-order chi connectivity index (χ0) is 17.6. The normalized spacial score (nSPS) is 22.2. The maximum Gasteiger partial charge on any atom is 0.317 e. The van der Waals surface area contributed by atoms with Crippen molar-refractivity contribution in [3.63, 3.8) is 0 Å². The number of hydrogen-bond acceptors (Lipinski definition) is 4. The molecule has 7 nitrogen and oxygen atoms in total. The Hall–Kier alpha value is -1.63. The molecule has 3 heterocycles. The number of urea groups is 1. The molecule has 140 valence electrons. The van der Waals surface area contributed by atoms with Gasteiger partial charge in [-0.2, -0.15) is 0 Å². The third-order valence-electron chi connectivity index (χ3n) is 5.41. The van der Waals surface area contributed by atoms with Crippen LogP contribution >= 0.6 is 0 Å². The highest BCUT2D eigenvalue weighted by atomic mass is 16.2. The van der Waals surface area contributed by atoms with Crippen molar-refractivity contribution < 1.29 is 4.79 Å². The van der Waals surface area contributed by atoms with Crippen molar-refractivity contribution in [1.82, 2.24) is 29.9 Å². The third-order valence-corrected chi connectivity index (χ3v) is 5.41. The summed E-state index contributed by atoms with van der Waals surface area (Å²) in [5, 5.41) is 11.9. The Bertz CT molecular complexity index is 566. The number of likely N-dealkylation sites (tertiary alicyclic amines) is 2. The van der Waals surface area contributed by atoms with Gasteiger partial charge in [0.1, 0.15) is 11.6 Å². The second-order valence-electron chi connectivity index (χ2n) is 7.39. The first kappa shape index (κ1) is 18.2. The molecule has 2 aliphatic heterocycles. The number of carbonyl (C=O) groups is 1. The number of rotatable bonds is 5. The Labute approximate surface area is 150 Å². The average molecular weight is 348 g/mol. The van der Waals surface area contributed by atoms with Crippen molar-refractivity contribution in [1.29, 1.82) is 0 Å². The van der Waals surface area contributed by atoms with Gasteiger partial charge >= 0.3 is 6.03 Å². The monoisotopic (exact) mass is 348 g/mol. The lowest BCUT2D eigenvalue weighted by atomic mass is 9.97. The third kappa shape index (κ3) is 4.51. The van der Waals surface area contributed by atoms with Crippen molar-refractivity contribution >= 4 is 6.03 Å². The summed E-state index contributed by atoms with van der Waals surface area (Å²) in [6, 6.07) is 0.0576. The Kier molecular flexibility index (Phi) is 6.29. The summed E-state index contributed by atoms with van der Waals surface area (Å²) >= 11 is 0. The predicted molar refractivity (Wildman–Crippen MR) is 97.4 cm³/mol. The molecular formula is C18H32N6O. The molecule has 1 aromatic rings. The number of nitrogens with one attached hydrogen (secondary N) is 1. The molecule has 1 N–H and O–H groups in total. The topological polar surface area (TPSA) is 66.3 Å². The van der Waals surface area contributed by atoms with E-state index < -0.39 is 0 Å². The number of aromatic nitrogens is 3. The van der Waals surface area contributed by atoms with Crippen molar-refractivity contribution in [2.75, 3.05) is 32.7 Å². The first-order chi connectivity index (χ1) is 12.2. The minimum absolute atomic E-state index is 0.0576. The molecule has 2 saturated heterocycles. The summed E-state index contributed by atoms with van der Waals surface area (Å²) in [5.41, 5.74) is 0. The summed E-state index contributed by atoms with van der Waals surface area (Å²) in [4.78, 5) is 16.7. The molecule has 1 atom stereocenters. The molecule has 0 radical (unpaired) electrons. The summed E-state index contributed by atoms with van der Waals surface area (Å²) in [6.07, 6.45) is 6.99. The molecule has 2 aliphatic rings. The summed E-state index contributed by atoms with van der Waals surface area (Å²) < 4.78 is 2.16. The standard InChI is InChI=1S/C18H32N6O/c1-3-9-19-18(25)24-12-7-8-15(13-24)17-21-20-16(22(17)2)14-23-10-5-4-6-11-23/h15H,3-14H2,1-2H3,(H,19,25). The van der Waals surface area contributed by atoms with E-state index >= 15 is 0 Å². The predicted octanol–water partition coefficient (Wildman–Crippen LogP) is 2.10. The van der Waals surface area contributed by atoms with Crippen LogP contribution in [0.5, 0.6) is 0 Å². The van der Waals surface area contributed by atoms with Crippen molar-refractivity contribution in [2.45, 2.75) is 57.9 Å². The zero-order valence-electron chi connectivity index (χ0n) is 15.7. The average Bonchev–Trinajstić information content (AvgIpc) is 3.01. The van der Waals surface area contributed by atoms with Crippen LogP contribution in [0.3, 0.4) is 0 Å². The van der Waals surface area contributed by atoms with Crippen LogP contribution in [-0.2, 0) is 13.6 Å². The van der Waals surface area contributed by atoms with Gasteiger partial charge in [0.05, 0.1) is 6.54 Å². The van der Waals surface area contributed by atoms with E-state index in [-0.39, 0.29) is 11.9 Å². The Morgan fingerprint density at radius 2 is 1.96 bits per heavy atom. The molecule has 0 aliphatic carbocycles. The van der Waals surface area contributed by atoms with Gasteiger partial charge in [0.25, 0.3) is 0 Å². The van der Waals surface area contributed by atoms with E-state index in [1.165, 1.54) is 19.3 Å². The van der Waals surface area contributed by atoms with E-state index in [2.05, 4.69) is 39.0 Å². The molecule has 25 heavy (non-hydrogen) atoms. The van der Waals surface area contributed by atoms with Crippen LogP contribution in [0.1, 0.15) is 63.0 Å².